The Labute approximate surface area is 178 Å². The van der Waals surface area contributed by atoms with Crippen molar-refractivity contribution in [1.29, 1.82) is 0 Å². The van der Waals surface area contributed by atoms with Gasteiger partial charge >= 0.3 is 0 Å². The number of fused-ring (bicyclic) bond motifs is 1. The van der Waals surface area contributed by atoms with E-state index in [0.717, 1.165) is 48.7 Å². The Kier molecular flexibility index (Phi) is 4.86. The van der Waals surface area contributed by atoms with E-state index in [4.69, 9.17) is 17.4 Å². The highest BCUT2D eigenvalue weighted by atomic mass is 35.5. The number of hydrogen-bond acceptors (Lipinski definition) is 7. The monoisotopic (exact) mass is 423 g/mol. The Morgan fingerprint density at radius 3 is 2.80 bits per heavy atom. The van der Waals surface area contributed by atoms with Crippen LogP contribution in [0.5, 0.6) is 0 Å². The van der Waals surface area contributed by atoms with Crippen molar-refractivity contribution in [1.82, 2.24) is 34.1 Å². The molecule has 0 saturated carbocycles. The molecule has 1 saturated heterocycles. The summed E-state index contributed by atoms with van der Waals surface area (Å²) in [4.78, 5) is 13.4. The van der Waals surface area contributed by atoms with Gasteiger partial charge < -0.3 is 5.32 Å². The first-order chi connectivity index (χ1) is 14.6. The van der Waals surface area contributed by atoms with Crippen molar-refractivity contribution in [3.05, 3.63) is 53.7 Å². The van der Waals surface area contributed by atoms with Gasteiger partial charge in [-0.15, -0.1) is 0 Å². The molecule has 0 atom stereocenters. The number of nitrogens with two attached hydrogens (primary N) is 1. The molecule has 0 aliphatic carbocycles. The summed E-state index contributed by atoms with van der Waals surface area (Å²) in [6.45, 7) is 3.79. The number of imidazole rings is 1. The lowest BCUT2D eigenvalue weighted by Crippen LogP contribution is -2.39. The van der Waals surface area contributed by atoms with Gasteiger partial charge in [0.25, 0.3) is 0 Å². The van der Waals surface area contributed by atoms with Crippen LogP contribution in [0, 0.1) is 6.92 Å². The third kappa shape index (κ3) is 3.41. The topological polar surface area (TPSA) is 102 Å². The van der Waals surface area contributed by atoms with E-state index in [1.165, 1.54) is 0 Å². The van der Waals surface area contributed by atoms with Crippen molar-refractivity contribution < 1.29 is 0 Å². The molecule has 4 aromatic rings. The van der Waals surface area contributed by atoms with Crippen LogP contribution in [0.4, 0.5) is 11.6 Å². The predicted octanol–water partition coefficient (Wildman–Crippen LogP) is 3.20. The van der Waals surface area contributed by atoms with Gasteiger partial charge in [-0.05, 0) is 31.9 Å². The van der Waals surface area contributed by atoms with E-state index < -0.39 is 0 Å². The molecule has 1 aliphatic rings. The molecule has 10 heteroatoms. The van der Waals surface area contributed by atoms with Crippen molar-refractivity contribution in [3.8, 4) is 11.4 Å². The summed E-state index contributed by atoms with van der Waals surface area (Å²) in [5.74, 6) is 6.34. The maximum absolute atomic E-state index is 6.42. The number of halogens is 1. The zero-order valence-electron chi connectivity index (χ0n) is 16.5. The minimum absolute atomic E-state index is 0.347. The normalized spacial score (nSPS) is 15.7. The van der Waals surface area contributed by atoms with Gasteiger partial charge in [-0.1, -0.05) is 17.7 Å². The third-order valence-electron chi connectivity index (χ3n) is 5.54. The summed E-state index contributed by atoms with van der Waals surface area (Å²) in [6.07, 6.45) is 9.08. The summed E-state index contributed by atoms with van der Waals surface area (Å²) in [6, 6.07) is 6.17. The third-order valence-corrected chi connectivity index (χ3v) is 5.82. The molecule has 1 aliphatic heterocycles. The maximum atomic E-state index is 6.42. The van der Waals surface area contributed by atoms with Crippen LogP contribution in [-0.4, -0.2) is 47.2 Å². The maximum Gasteiger partial charge on any atom is 0.227 e. The Bertz CT molecular complexity index is 1190. The fourth-order valence-corrected chi connectivity index (χ4v) is 4.07. The number of rotatable bonds is 4. The second-order valence-corrected chi connectivity index (χ2v) is 7.85. The average Bonchev–Trinajstić information content (AvgIpc) is 3.34. The van der Waals surface area contributed by atoms with Crippen LogP contribution in [0.15, 0.2) is 43.0 Å². The molecule has 0 amide bonds. The molecule has 5 heterocycles. The number of hydrogen-bond donors (Lipinski definition) is 2. The smallest absolute Gasteiger partial charge is 0.227 e. The molecule has 0 radical (unpaired) electrons. The van der Waals surface area contributed by atoms with Crippen LogP contribution in [-0.2, 0) is 0 Å². The van der Waals surface area contributed by atoms with Gasteiger partial charge in [0.15, 0.2) is 0 Å². The number of pyridine rings is 1. The zero-order valence-corrected chi connectivity index (χ0v) is 17.3. The Hall–Kier alpha value is -3.01. The van der Waals surface area contributed by atoms with E-state index in [0.29, 0.717) is 22.7 Å². The fraction of sp³-hybridized carbons (Fsp3) is 0.300. The van der Waals surface area contributed by atoms with Crippen molar-refractivity contribution in [3.63, 3.8) is 0 Å². The molecule has 3 N–H and O–H groups in total. The summed E-state index contributed by atoms with van der Waals surface area (Å²) in [5, 5.41) is 10.2. The number of hydrazine groups is 1. The summed E-state index contributed by atoms with van der Waals surface area (Å²) in [5.41, 5.74) is 4.17. The van der Waals surface area contributed by atoms with E-state index in [-0.39, 0.29) is 0 Å². The van der Waals surface area contributed by atoms with Crippen LogP contribution in [0.3, 0.4) is 0 Å². The molecular formula is C20H22ClN9. The molecule has 0 bridgehead atoms. The van der Waals surface area contributed by atoms with Crippen LogP contribution in [0.1, 0.15) is 24.6 Å². The largest absolute Gasteiger partial charge is 0.321 e. The minimum Gasteiger partial charge on any atom is -0.321 e. The van der Waals surface area contributed by atoms with Crippen molar-refractivity contribution in [2.75, 3.05) is 18.4 Å². The summed E-state index contributed by atoms with van der Waals surface area (Å²) >= 11 is 6.42. The van der Waals surface area contributed by atoms with Gasteiger partial charge in [0.05, 0.1) is 46.7 Å². The van der Waals surface area contributed by atoms with E-state index in [2.05, 4.69) is 30.0 Å². The highest BCUT2D eigenvalue weighted by Gasteiger charge is 2.22. The SMILES string of the molecule is Cc1c(Nc2ncc(Cl)c(-c3cnc4ccccn34)n2)cnn1C1CCN(N)CC1. The number of aromatic nitrogens is 6. The molecule has 154 valence electrons. The highest BCUT2D eigenvalue weighted by Crippen LogP contribution is 2.29. The number of nitrogens with one attached hydrogen (secondary N) is 1. The summed E-state index contributed by atoms with van der Waals surface area (Å²) in [7, 11) is 0. The molecule has 5 rings (SSSR count). The van der Waals surface area contributed by atoms with Crippen LogP contribution in [0.25, 0.3) is 17.0 Å². The molecular weight excluding hydrogens is 402 g/mol. The average molecular weight is 424 g/mol. The first kappa shape index (κ1) is 19.0. The molecule has 0 aromatic carbocycles. The standard InChI is InChI=1S/C20H22ClN9/c1-13-16(11-25-30(13)14-5-8-28(22)9-6-14)26-20-24-10-15(21)19(27-20)17-12-23-18-4-2-3-7-29(17)18/h2-4,7,10-12,14H,5-6,8-9,22H2,1H3,(H,24,26,27). The van der Waals surface area contributed by atoms with Gasteiger partial charge in [-0.3, -0.25) is 14.9 Å². The first-order valence-electron chi connectivity index (χ1n) is 9.86. The number of anilines is 2. The van der Waals surface area contributed by atoms with Crippen LogP contribution >= 0.6 is 11.6 Å². The van der Waals surface area contributed by atoms with Gasteiger partial charge in [0, 0.05) is 19.3 Å². The van der Waals surface area contributed by atoms with E-state index in [9.17, 15) is 0 Å². The Balaban J connectivity index is 1.43. The van der Waals surface area contributed by atoms with Gasteiger partial charge in [-0.2, -0.15) is 5.10 Å². The quantitative estimate of drug-likeness (QED) is 0.486. The van der Waals surface area contributed by atoms with Gasteiger partial charge in [0.1, 0.15) is 11.3 Å². The predicted molar refractivity (Wildman–Crippen MR) is 116 cm³/mol. The van der Waals surface area contributed by atoms with Gasteiger partial charge in [-0.25, -0.2) is 20.0 Å². The highest BCUT2D eigenvalue weighted by molar-refractivity contribution is 6.32. The van der Waals surface area contributed by atoms with Crippen molar-refractivity contribution >= 4 is 28.9 Å². The molecule has 0 spiro atoms. The molecule has 0 unspecified atom stereocenters. The first-order valence-corrected chi connectivity index (χ1v) is 10.2. The van der Waals surface area contributed by atoms with Crippen molar-refractivity contribution in [2.45, 2.75) is 25.8 Å². The molecule has 1 fully saturated rings. The van der Waals surface area contributed by atoms with Crippen LogP contribution in [0.2, 0.25) is 5.02 Å². The van der Waals surface area contributed by atoms with Crippen LogP contribution < -0.4 is 11.2 Å². The van der Waals surface area contributed by atoms with Gasteiger partial charge in [0.2, 0.25) is 5.95 Å². The lowest BCUT2D eigenvalue weighted by molar-refractivity contribution is 0.182. The summed E-state index contributed by atoms with van der Waals surface area (Å²) < 4.78 is 4.02. The van der Waals surface area contributed by atoms with E-state index in [1.807, 2.05) is 46.9 Å². The zero-order chi connectivity index (χ0) is 20.7. The van der Waals surface area contributed by atoms with Crippen molar-refractivity contribution in [2.24, 2.45) is 5.84 Å². The lowest BCUT2D eigenvalue weighted by atomic mass is 10.1. The minimum atomic E-state index is 0.347. The lowest BCUT2D eigenvalue weighted by Gasteiger charge is -2.29. The fourth-order valence-electron chi connectivity index (χ4n) is 3.88. The number of nitrogens with zero attached hydrogens (tertiary/aromatic N) is 7. The Morgan fingerprint density at radius 2 is 1.97 bits per heavy atom. The number of piperidine rings is 1. The second kappa shape index (κ2) is 7.67. The Morgan fingerprint density at radius 1 is 1.13 bits per heavy atom. The molecule has 9 nitrogen and oxygen atoms in total. The molecule has 4 aromatic heterocycles. The second-order valence-electron chi connectivity index (χ2n) is 7.44. The van der Waals surface area contributed by atoms with E-state index in [1.54, 1.807) is 12.4 Å². The molecule has 30 heavy (non-hydrogen) atoms. The van der Waals surface area contributed by atoms with E-state index >= 15 is 0 Å².